The monoisotopic (exact) mass is 327 g/mol. The molecule has 0 unspecified atom stereocenters. The highest BCUT2D eigenvalue weighted by Gasteiger charge is 2.32. The molecule has 124 valence electrons. The number of nitrogens with zero attached hydrogens (tertiary/aromatic N) is 2. The van der Waals surface area contributed by atoms with Crippen molar-refractivity contribution in [2.45, 2.75) is 51.6 Å². The molecule has 6 nitrogen and oxygen atoms in total. The fraction of sp³-hybridized carbons (Fsp3) is 0.533. The van der Waals surface area contributed by atoms with Crippen LogP contribution in [0.3, 0.4) is 0 Å². The Labute approximate surface area is 132 Å². The largest absolute Gasteiger partial charge is 0.366 e. The molecule has 0 saturated carbocycles. The van der Waals surface area contributed by atoms with E-state index in [1.54, 1.807) is 6.92 Å². The number of hydrogen-bond donors (Lipinski definition) is 1. The molecule has 0 radical (unpaired) electrons. The third kappa shape index (κ3) is 3.85. The van der Waals surface area contributed by atoms with Gasteiger partial charge in [0.2, 0.25) is 5.91 Å². The van der Waals surface area contributed by atoms with Crippen LogP contribution in [0.5, 0.6) is 0 Å². The highest BCUT2D eigenvalue weighted by molar-refractivity contribution is 7.89. The Balaban J connectivity index is 3.36. The summed E-state index contributed by atoms with van der Waals surface area (Å²) in [6, 6.07) is 5.86. The third-order valence-electron chi connectivity index (χ3n) is 3.28. The third-order valence-corrected chi connectivity index (χ3v) is 5.13. The van der Waals surface area contributed by atoms with E-state index in [0.717, 1.165) is 0 Å². The summed E-state index contributed by atoms with van der Waals surface area (Å²) in [5, 5.41) is 1.81. The van der Waals surface area contributed by atoms with Gasteiger partial charge in [0.1, 0.15) is 0 Å². The van der Waals surface area contributed by atoms with E-state index in [-0.39, 0.29) is 22.5 Å². The second-order valence-electron chi connectivity index (χ2n) is 5.60. The lowest BCUT2D eigenvalue weighted by molar-refractivity contribution is -0.000759. The maximum absolute atomic E-state index is 12.9. The quantitative estimate of drug-likeness (QED) is 0.774. The summed E-state index contributed by atoms with van der Waals surface area (Å²) in [4.78, 5) is 11.3. The Bertz CT molecular complexity index is 619. The van der Waals surface area contributed by atoms with Crippen molar-refractivity contribution in [2.75, 3.05) is 6.54 Å². The first-order valence-electron chi connectivity index (χ1n) is 7.33. The van der Waals surface area contributed by atoms with Gasteiger partial charge in [-0.25, -0.2) is 13.4 Å². The van der Waals surface area contributed by atoms with Crippen molar-refractivity contribution in [3.8, 4) is 0 Å². The number of primary amides is 1. The zero-order valence-corrected chi connectivity index (χ0v) is 14.6. The molecule has 0 atom stereocenters. The van der Waals surface area contributed by atoms with Crippen molar-refractivity contribution in [3.63, 3.8) is 0 Å². The van der Waals surface area contributed by atoms with Crippen LogP contribution in [0, 0.1) is 0 Å². The normalized spacial score (nSPS) is 12.6. The molecule has 1 aromatic rings. The average Bonchev–Trinajstić information content (AvgIpc) is 2.43. The maximum Gasteiger partial charge on any atom is 0.256 e. The summed E-state index contributed by atoms with van der Waals surface area (Å²) >= 11 is 0. The molecule has 0 bridgehead atoms. The number of benzene rings is 1. The summed E-state index contributed by atoms with van der Waals surface area (Å²) in [5.41, 5.74) is 5.41. The lowest BCUT2D eigenvalue weighted by Crippen LogP contribution is -2.52. The second kappa shape index (κ2) is 7.21. The summed E-state index contributed by atoms with van der Waals surface area (Å²) < 4.78 is 27.2. The van der Waals surface area contributed by atoms with Crippen LogP contribution in [0.4, 0.5) is 0 Å². The zero-order valence-electron chi connectivity index (χ0n) is 13.8. The highest BCUT2D eigenvalue weighted by atomic mass is 32.2. The molecule has 0 fully saturated rings. The summed E-state index contributed by atoms with van der Waals surface area (Å²) in [7, 11) is -3.74. The molecule has 0 aliphatic heterocycles. The fourth-order valence-electron chi connectivity index (χ4n) is 2.50. The summed E-state index contributed by atoms with van der Waals surface area (Å²) in [5.74, 6) is -0.648. The lowest BCUT2D eigenvalue weighted by Gasteiger charge is -2.39. The van der Waals surface area contributed by atoms with Crippen molar-refractivity contribution >= 4 is 15.9 Å². The predicted octanol–water partition coefficient (Wildman–Crippen LogP) is 1.83. The maximum atomic E-state index is 12.9. The van der Waals surface area contributed by atoms with Gasteiger partial charge >= 0.3 is 0 Å². The average molecular weight is 327 g/mol. The van der Waals surface area contributed by atoms with Crippen LogP contribution in [0.1, 0.15) is 45.0 Å². The van der Waals surface area contributed by atoms with Crippen LogP contribution in [0.25, 0.3) is 0 Å². The van der Waals surface area contributed by atoms with Gasteiger partial charge in [0.25, 0.3) is 10.0 Å². The van der Waals surface area contributed by atoms with Gasteiger partial charge < -0.3 is 5.73 Å². The Morgan fingerprint density at radius 1 is 1.18 bits per heavy atom. The van der Waals surface area contributed by atoms with E-state index >= 15 is 0 Å². The molecule has 0 aromatic heterocycles. The van der Waals surface area contributed by atoms with Crippen LogP contribution in [0.2, 0.25) is 0 Å². The molecule has 7 heteroatoms. The van der Waals surface area contributed by atoms with Crippen molar-refractivity contribution in [1.29, 1.82) is 0 Å². The molecule has 1 rings (SSSR count). The van der Waals surface area contributed by atoms with Crippen molar-refractivity contribution < 1.29 is 13.2 Å². The molecule has 0 spiro atoms. The van der Waals surface area contributed by atoms with Gasteiger partial charge in [0, 0.05) is 24.2 Å². The van der Waals surface area contributed by atoms with Gasteiger partial charge in [-0.3, -0.25) is 4.79 Å². The van der Waals surface area contributed by atoms with Gasteiger partial charge in [0.15, 0.2) is 0 Å². The van der Waals surface area contributed by atoms with Gasteiger partial charge in [-0.15, -0.1) is 4.41 Å². The minimum atomic E-state index is -3.74. The number of amides is 1. The Morgan fingerprint density at radius 3 is 2.14 bits per heavy atom. The van der Waals surface area contributed by atoms with Gasteiger partial charge in [-0.05, 0) is 52.8 Å². The second-order valence-corrected chi connectivity index (χ2v) is 7.45. The SMILES string of the molecule is CCN(N(C(C)C)C(C)C)S(=O)(=O)c1cccc(C(N)=O)c1. The van der Waals surface area contributed by atoms with Crippen molar-refractivity contribution in [1.82, 2.24) is 9.42 Å². The Kier molecular flexibility index (Phi) is 6.10. The smallest absolute Gasteiger partial charge is 0.256 e. The first kappa shape index (κ1) is 18.6. The summed E-state index contributed by atoms with van der Waals surface area (Å²) in [6.45, 7) is 9.86. The number of hydrazine groups is 1. The predicted molar refractivity (Wildman–Crippen MR) is 86.6 cm³/mol. The van der Waals surface area contributed by atoms with Gasteiger partial charge in [0.05, 0.1) is 4.90 Å². The number of hydrogen-bond acceptors (Lipinski definition) is 4. The first-order chi connectivity index (χ1) is 10.1. The van der Waals surface area contributed by atoms with E-state index in [0.29, 0.717) is 6.54 Å². The molecular weight excluding hydrogens is 302 g/mol. The van der Waals surface area contributed by atoms with E-state index in [4.69, 9.17) is 5.73 Å². The van der Waals surface area contributed by atoms with Crippen LogP contribution < -0.4 is 5.73 Å². The molecular formula is C15H25N3O3S. The number of rotatable bonds is 7. The molecule has 0 aliphatic rings. The molecule has 1 amide bonds. The lowest BCUT2D eigenvalue weighted by atomic mass is 10.2. The van der Waals surface area contributed by atoms with E-state index in [1.807, 2.05) is 32.7 Å². The van der Waals surface area contributed by atoms with Crippen LogP contribution in [-0.4, -0.2) is 42.4 Å². The van der Waals surface area contributed by atoms with Crippen LogP contribution in [-0.2, 0) is 10.0 Å². The summed E-state index contributed by atoms with van der Waals surface area (Å²) in [6.07, 6.45) is 0. The van der Waals surface area contributed by atoms with Crippen molar-refractivity contribution in [2.24, 2.45) is 5.73 Å². The number of carbonyl (C=O) groups excluding carboxylic acids is 1. The fourth-order valence-corrected chi connectivity index (χ4v) is 4.24. The number of carbonyl (C=O) groups is 1. The Hall–Kier alpha value is -1.44. The molecule has 0 aliphatic carbocycles. The number of nitrogens with two attached hydrogens (primary N) is 1. The Morgan fingerprint density at radius 2 is 1.73 bits per heavy atom. The molecule has 1 aromatic carbocycles. The minimum Gasteiger partial charge on any atom is -0.366 e. The van der Waals surface area contributed by atoms with Gasteiger partial charge in [-0.2, -0.15) is 0 Å². The standard InChI is InChI=1S/C15H25N3O3S/c1-6-17(18(11(2)3)12(4)5)22(20,21)14-9-7-8-13(10-14)15(16)19/h7-12H,6H2,1-5H3,(H2,16,19). The number of sulfonamides is 1. The first-order valence-corrected chi connectivity index (χ1v) is 8.77. The van der Waals surface area contributed by atoms with Crippen LogP contribution in [0.15, 0.2) is 29.2 Å². The van der Waals surface area contributed by atoms with E-state index < -0.39 is 15.9 Å². The van der Waals surface area contributed by atoms with Gasteiger partial charge in [-0.1, -0.05) is 6.07 Å². The molecule has 22 heavy (non-hydrogen) atoms. The highest BCUT2D eigenvalue weighted by Crippen LogP contribution is 2.22. The molecule has 2 N–H and O–H groups in total. The van der Waals surface area contributed by atoms with E-state index in [2.05, 4.69) is 0 Å². The molecule has 0 heterocycles. The zero-order chi connectivity index (χ0) is 17.1. The van der Waals surface area contributed by atoms with Crippen molar-refractivity contribution in [3.05, 3.63) is 29.8 Å². The van der Waals surface area contributed by atoms with E-state index in [1.165, 1.54) is 28.7 Å². The molecule has 0 saturated heterocycles. The van der Waals surface area contributed by atoms with E-state index in [9.17, 15) is 13.2 Å². The van der Waals surface area contributed by atoms with Crippen LogP contribution >= 0.6 is 0 Å². The topological polar surface area (TPSA) is 83.7 Å². The minimum absolute atomic E-state index is 0.0223.